The van der Waals surface area contributed by atoms with Crippen molar-refractivity contribution in [1.29, 1.82) is 0 Å². The van der Waals surface area contributed by atoms with Gasteiger partial charge in [0.2, 0.25) is 5.95 Å². The highest BCUT2D eigenvalue weighted by Gasteiger charge is 2.32. The van der Waals surface area contributed by atoms with Gasteiger partial charge in [0, 0.05) is 49.2 Å². The number of piperazine rings is 1. The molecule has 5 rings (SSSR count). The summed E-state index contributed by atoms with van der Waals surface area (Å²) in [6.45, 7) is 1.88. The van der Waals surface area contributed by atoms with Crippen molar-refractivity contribution in [3.8, 4) is 0 Å². The third kappa shape index (κ3) is 6.16. The van der Waals surface area contributed by atoms with Gasteiger partial charge in [-0.15, -0.1) is 11.8 Å². The zero-order valence-corrected chi connectivity index (χ0v) is 21.1. The molecule has 0 saturated carbocycles. The number of nitrogens with zero attached hydrogens (tertiary/aromatic N) is 5. The van der Waals surface area contributed by atoms with Crippen LogP contribution in [0.25, 0.3) is 0 Å². The Bertz CT molecular complexity index is 1320. The number of benzene rings is 3. The fraction of sp³-hybridized carbons (Fsp3) is 0.172. The Balaban J connectivity index is 1.25. The molecule has 0 bridgehead atoms. The molecule has 7 nitrogen and oxygen atoms in total. The van der Waals surface area contributed by atoms with Gasteiger partial charge in [-0.25, -0.2) is 9.97 Å². The average Bonchev–Trinajstić information content (AvgIpc) is 2.95. The predicted octanol–water partition coefficient (Wildman–Crippen LogP) is 4.74. The molecule has 8 heteroatoms. The van der Waals surface area contributed by atoms with E-state index in [4.69, 9.17) is 0 Å². The van der Waals surface area contributed by atoms with E-state index >= 15 is 0 Å². The molecule has 2 heterocycles. The van der Waals surface area contributed by atoms with Gasteiger partial charge in [-0.2, -0.15) is 0 Å². The minimum atomic E-state index is -0.454. The average molecular weight is 510 g/mol. The van der Waals surface area contributed by atoms with E-state index in [1.165, 1.54) is 0 Å². The summed E-state index contributed by atoms with van der Waals surface area (Å²) in [6.07, 6.45) is 3.47. The number of anilines is 2. The summed E-state index contributed by atoms with van der Waals surface area (Å²) >= 11 is 1.70. The van der Waals surface area contributed by atoms with E-state index in [0.717, 1.165) is 21.7 Å². The van der Waals surface area contributed by atoms with Gasteiger partial charge in [0.15, 0.2) is 0 Å². The fourth-order valence-corrected chi connectivity index (χ4v) is 5.05. The predicted molar refractivity (Wildman–Crippen MR) is 145 cm³/mol. The third-order valence-electron chi connectivity index (χ3n) is 6.13. The number of amides is 2. The normalized spacial score (nSPS) is 13.6. The van der Waals surface area contributed by atoms with E-state index in [-0.39, 0.29) is 0 Å². The number of aromatic nitrogens is 2. The lowest BCUT2D eigenvalue weighted by molar-refractivity contribution is -0.156. The van der Waals surface area contributed by atoms with Crippen molar-refractivity contribution in [3.05, 3.63) is 115 Å². The molecule has 1 aliphatic rings. The molecule has 0 radical (unpaired) electrons. The van der Waals surface area contributed by atoms with Crippen LogP contribution in [0.1, 0.15) is 11.1 Å². The number of thioether (sulfide) groups is 1. The highest BCUT2D eigenvalue weighted by molar-refractivity contribution is 7.99. The minimum absolute atomic E-state index is 0.393. The van der Waals surface area contributed by atoms with Crippen LogP contribution in [0.2, 0.25) is 0 Å². The van der Waals surface area contributed by atoms with Gasteiger partial charge in [-0.05, 0) is 41.5 Å². The van der Waals surface area contributed by atoms with Crippen LogP contribution >= 0.6 is 11.8 Å². The van der Waals surface area contributed by atoms with Crippen molar-refractivity contribution in [2.24, 2.45) is 0 Å². The van der Waals surface area contributed by atoms with Crippen LogP contribution in [0, 0.1) is 0 Å². The molecule has 0 unspecified atom stereocenters. The fourth-order valence-electron chi connectivity index (χ4n) is 4.16. The molecule has 3 aromatic carbocycles. The molecule has 0 N–H and O–H groups in total. The van der Waals surface area contributed by atoms with Gasteiger partial charge < -0.3 is 14.7 Å². The van der Waals surface area contributed by atoms with Crippen LogP contribution in [0.3, 0.4) is 0 Å². The van der Waals surface area contributed by atoms with E-state index in [9.17, 15) is 9.59 Å². The summed E-state index contributed by atoms with van der Waals surface area (Å²) in [7, 11) is 0. The second-order valence-electron chi connectivity index (χ2n) is 8.67. The van der Waals surface area contributed by atoms with Crippen LogP contribution in [0.4, 0.5) is 11.6 Å². The molecular weight excluding hydrogens is 482 g/mol. The number of carbonyl (C=O) groups excluding carboxylic acids is 2. The van der Waals surface area contributed by atoms with Gasteiger partial charge in [0.05, 0.1) is 5.88 Å². The largest absolute Gasteiger partial charge is 0.328 e. The standard InChI is InChI=1S/C29H27N5O2S/c35-27-28(36)33(19-18-32(27)20-23-8-3-1-4-9-23)21-24-12-14-25(15-13-24)34(29-30-16-7-17-31-29)22-37-26-10-5-2-6-11-26/h1-17H,18-22H2. The smallest absolute Gasteiger partial charge is 0.312 e. The Labute approximate surface area is 220 Å². The summed E-state index contributed by atoms with van der Waals surface area (Å²) < 4.78 is 0. The molecule has 1 aromatic heterocycles. The number of rotatable bonds is 9. The molecule has 186 valence electrons. The van der Waals surface area contributed by atoms with Crippen molar-refractivity contribution < 1.29 is 9.59 Å². The summed E-state index contributed by atoms with van der Waals surface area (Å²) in [6, 6.07) is 29.8. The quantitative estimate of drug-likeness (QED) is 0.185. The van der Waals surface area contributed by atoms with Gasteiger partial charge >= 0.3 is 11.8 Å². The Hall–Kier alpha value is -4.17. The number of hydrogen-bond acceptors (Lipinski definition) is 6. The number of carbonyl (C=O) groups is 2. The molecule has 4 aromatic rings. The van der Waals surface area contributed by atoms with Gasteiger partial charge in [0.1, 0.15) is 0 Å². The Morgan fingerprint density at radius 2 is 1.22 bits per heavy atom. The van der Waals surface area contributed by atoms with Crippen LogP contribution in [0.5, 0.6) is 0 Å². The van der Waals surface area contributed by atoms with Gasteiger partial charge in [0.25, 0.3) is 0 Å². The van der Waals surface area contributed by atoms with Crippen molar-refractivity contribution in [1.82, 2.24) is 19.8 Å². The molecule has 1 fully saturated rings. The van der Waals surface area contributed by atoms with E-state index in [0.29, 0.717) is 38.0 Å². The highest BCUT2D eigenvalue weighted by Crippen LogP contribution is 2.28. The second kappa shape index (κ2) is 11.7. The monoisotopic (exact) mass is 509 g/mol. The second-order valence-corrected chi connectivity index (χ2v) is 9.69. The molecule has 0 aliphatic carbocycles. The van der Waals surface area contributed by atoms with Crippen LogP contribution in [0.15, 0.2) is 108 Å². The van der Waals surface area contributed by atoms with Crippen LogP contribution in [-0.2, 0) is 22.7 Å². The SMILES string of the molecule is O=C1C(=O)N(Cc2ccc(N(CSc3ccccc3)c3ncccn3)cc2)CCN1Cc1ccccc1. The summed E-state index contributed by atoms with van der Waals surface area (Å²) in [5.41, 5.74) is 2.93. The highest BCUT2D eigenvalue weighted by atomic mass is 32.2. The van der Waals surface area contributed by atoms with Gasteiger partial charge in [-0.1, -0.05) is 60.7 Å². The molecular formula is C29H27N5O2S. The maximum Gasteiger partial charge on any atom is 0.312 e. The Morgan fingerprint density at radius 1 is 0.676 bits per heavy atom. The molecule has 1 aliphatic heterocycles. The lowest BCUT2D eigenvalue weighted by Crippen LogP contribution is -2.53. The first-order valence-electron chi connectivity index (χ1n) is 12.1. The summed E-state index contributed by atoms with van der Waals surface area (Å²) in [5, 5.41) is 0. The van der Waals surface area contributed by atoms with Crippen LogP contribution < -0.4 is 4.90 Å². The van der Waals surface area contributed by atoms with E-state index in [2.05, 4.69) is 27.0 Å². The van der Waals surface area contributed by atoms with E-state index in [1.54, 1.807) is 40.0 Å². The Kier molecular flexibility index (Phi) is 7.76. The van der Waals surface area contributed by atoms with E-state index < -0.39 is 11.8 Å². The number of hydrogen-bond donors (Lipinski definition) is 0. The molecule has 2 amide bonds. The van der Waals surface area contributed by atoms with E-state index in [1.807, 2.05) is 72.8 Å². The molecule has 0 atom stereocenters. The van der Waals surface area contributed by atoms with Crippen molar-refractivity contribution in [2.75, 3.05) is 23.9 Å². The molecule has 1 saturated heterocycles. The summed E-state index contributed by atoms with van der Waals surface area (Å²) in [5.74, 6) is 0.361. The van der Waals surface area contributed by atoms with Crippen molar-refractivity contribution in [2.45, 2.75) is 18.0 Å². The maximum atomic E-state index is 12.8. The minimum Gasteiger partial charge on any atom is -0.328 e. The first-order valence-corrected chi connectivity index (χ1v) is 13.1. The lowest BCUT2D eigenvalue weighted by atomic mass is 10.1. The third-order valence-corrected chi connectivity index (χ3v) is 7.12. The molecule has 0 spiro atoms. The first kappa shape index (κ1) is 24.5. The Morgan fingerprint density at radius 3 is 1.81 bits per heavy atom. The maximum absolute atomic E-state index is 12.8. The van der Waals surface area contributed by atoms with Crippen LogP contribution in [-0.4, -0.2) is 50.5 Å². The summed E-state index contributed by atoms with van der Waals surface area (Å²) in [4.78, 5) is 40.9. The molecule has 37 heavy (non-hydrogen) atoms. The lowest BCUT2D eigenvalue weighted by Gasteiger charge is -2.34. The topological polar surface area (TPSA) is 69.6 Å². The van der Waals surface area contributed by atoms with Gasteiger partial charge in [-0.3, -0.25) is 9.59 Å². The van der Waals surface area contributed by atoms with Crippen molar-refractivity contribution >= 4 is 35.2 Å². The first-order chi connectivity index (χ1) is 18.2. The van der Waals surface area contributed by atoms with Crippen molar-refractivity contribution in [3.63, 3.8) is 0 Å². The zero-order valence-electron chi connectivity index (χ0n) is 20.3. The zero-order chi connectivity index (χ0) is 25.5.